The van der Waals surface area contributed by atoms with Crippen molar-refractivity contribution < 1.29 is 4.79 Å². The maximum Gasteiger partial charge on any atom is 0.168 e. The fourth-order valence-corrected chi connectivity index (χ4v) is 3.57. The van der Waals surface area contributed by atoms with E-state index in [0.717, 1.165) is 24.0 Å². The number of ketones is 1. The molecule has 2 aliphatic rings. The number of benzene rings is 2. The fourth-order valence-electron chi connectivity index (χ4n) is 3.57. The van der Waals surface area contributed by atoms with Crippen LogP contribution in [0, 0.1) is 0 Å². The Labute approximate surface area is 113 Å². The molecule has 0 heterocycles. The Bertz CT molecular complexity index is 682. The van der Waals surface area contributed by atoms with E-state index in [4.69, 9.17) is 0 Å². The number of carbonyl (C=O) groups is 1. The topological polar surface area (TPSA) is 17.1 Å². The van der Waals surface area contributed by atoms with Crippen LogP contribution >= 0.6 is 0 Å². The molecule has 19 heavy (non-hydrogen) atoms. The highest BCUT2D eigenvalue weighted by molar-refractivity contribution is 6.08. The fraction of sp³-hybridized carbons (Fsp3) is 0.278. The summed E-state index contributed by atoms with van der Waals surface area (Å²) in [5, 5.41) is 0. The highest BCUT2D eigenvalue weighted by atomic mass is 16.1. The minimum absolute atomic E-state index is 0.312. The summed E-state index contributed by atoms with van der Waals surface area (Å²) in [5.41, 5.74) is 7.35. The van der Waals surface area contributed by atoms with Gasteiger partial charge in [-0.15, -0.1) is 0 Å². The van der Waals surface area contributed by atoms with E-state index in [1.165, 1.54) is 35.1 Å². The summed E-state index contributed by atoms with van der Waals surface area (Å²) in [6, 6.07) is 12.7. The molecule has 94 valence electrons. The van der Waals surface area contributed by atoms with E-state index < -0.39 is 0 Å². The minimum Gasteiger partial charge on any atom is -0.294 e. The third kappa shape index (κ3) is 1.58. The normalized spacial score (nSPS) is 16.5. The van der Waals surface area contributed by atoms with Crippen molar-refractivity contribution in [1.29, 1.82) is 0 Å². The molecule has 4 rings (SSSR count). The SMILES string of the molecule is O=C1Cc2ccccc2-c2ccc3c(c21)CCCC3. The van der Waals surface area contributed by atoms with Crippen LogP contribution in [0.3, 0.4) is 0 Å². The Morgan fingerprint density at radius 2 is 1.63 bits per heavy atom. The maximum absolute atomic E-state index is 12.5. The second-order valence-corrected chi connectivity index (χ2v) is 5.59. The van der Waals surface area contributed by atoms with Crippen molar-refractivity contribution in [3.8, 4) is 11.1 Å². The van der Waals surface area contributed by atoms with Crippen LogP contribution in [0.25, 0.3) is 11.1 Å². The number of aryl methyl sites for hydroxylation is 1. The predicted molar refractivity (Wildman–Crippen MR) is 76.6 cm³/mol. The first-order valence-corrected chi connectivity index (χ1v) is 7.11. The van der Waals surface area contributed by atoms with Crippen LogP contribution < -0.4 is 0 Å². The van der Waals surface area contributed by atoms with Crippen LogP contribution in [0.5, 0.6) is 0 Å². The lowest BCUT2D eigenvalue weighted by Crippen LogP contribution is -2.18. The van der Waals surface area contributed by atoms with Gasteiger partial charge in [0.05, 0.1) is 0 Å². The smallest absolute Gasteiger partial charge is 0.168 e. The minimum atomic E-state index is 0.312. The summed E-state index contributed by atoms with van der Waals surface area (Å²) < 4.78 is 0. The van der Waals surface area contributed by atoms with Gasteiger partial charge in [0.15, 0.2) is 5.78 Å². The molecule has 0 aromatic heterocycles. The zero-order chi connectivity index (χ0) is 12.8. The molecule has 1 heteroatoms. The number of hydrogen-bond donors (Lipinski definition) is 0. The van der Waals surface area contributed by atoms with E-state index in [0.29, 0.717) is 12.2 Å². The van der Waals surface area contributed by atoms with E-state index in [-0.39, 0.29) is 0 Å². The Balaban J connectivity index is 2.02. The quantitative estimate of drug-likeness (QED) is 0.689. The monoisotopic (exact) mass is 248 g/mol. The first-order chi connectivity index (χ1) is 9.34. The second-order valence-electron chi connectivity index (χ2n) is 5.59. The van der Waals surface area contributed by atoms with E-state index in [1.54, 1.807) is 0 Å². The highest BCUT2D eigenvalue weighted by Crippen LogP contribution is 2.38. The van der Waals surface area contributed by atoms with Crippen molar-refractivity contribution in [2.45, 2.75) is 32.1 Å². The van der Waals surface area contributed by atoms with Gasteiger partial charge in [-0.05, 0) is 53.5 Å². The number of hydrogen-bond acceptors (Lipinski definition) is 1. The molecule has 0 saturated carbocycles. The Morgan fingerprint density at radius 1 is 0.789 bits per heavy atom. The van der Waals surface area contributed by atoms with Crippen molar-refractivity contribution in [3.05, 3.63) is 58.7 Å². The molecular formula is C18H16O. The highest BCUT2D eigenvalue weighted by Gasteiger charge is 2.27. The van der Waals surface area contributed by atoms with Gasteiger partial charge in [-0.1, -0.05) is 36.4 Å². The number of fused-ring (bicyclic) bond motifs is 5. The molecule has 0 saturated heterocycles. The van der Waals surface area contributed by atoms with Crippen LogP contribution in [0.2, 0.25) is 0 Å². The molecule has 2 aromatic rings. The summed E-state index contributed by atoms with van der Waals surface area (Å²) in [5.74, 6) is 0.312. The van der Waals surface area contributed by atoms with Crippen molar-refractivity contribution >= 4 is 5.78 Å². The van der Waals surface area contributed by atoms with Gasteiger partial charge in [0.25, 0.3) is 0 Å². The molecule has 0 bridgehead atoms. The van der Waals surface area contributed by atoms with Gasteiger partial charge in [0.1, 0.15) is 0 Å². The molecule has 0 aliphatic heterocycles. The summed E-state index contributed by atoms with van der Waals surface area (Å²) in [6.07, 6.45) is 5.26. The third-order valence-electron chi connectivity index (χ3n) is 4.47. The average Bonchev–Trinajstić information content (AvgIpc) is 2.46. The van der Waals surface area contributed by atoms with Crippen LogP contribution in [0.1, 0.15) is 39.9 Å². The van der Waals surface area contributed by atoms with Gasteiger partial charge >= 0.3 is 0 Å². The Kier molecular flexibility index (Phi) is 2.34. The van der Waals surface area contributed by atoms with E-state index in [9.17, 15) is 4.79 Å². The second kappa shape index (κ2) is 4.06. The van der Waals surface area contributed by atoms with E-state index in [1.807, 2.05) is 6.07 Å². The van der Waals surface area contributed by atoms with Crippen molar-refractivity contribution in [1.82, 2.24) is 0 Å². The summed E-state index contributed by atoms with van der Waals surface area (Å²) in [6.45, 7) is 0. The van der Waals surface area contributed by atoms with Crippen molar-refractivity contribution in [3.63, 3.8) is 0 Å². The summed E-state index contributed by atoms with van der Waals surface area (Å²) >= 11 is 0. The first-order valence-electron chi connectivity index (χ1n) is 7.11. The third-order valence-corrected chi connectivity index (χ3v) is 4.47. The molecule has 2 aliphatic carbocycles. The first kappa shape index (κ1) is 11.0. The lowest BCUT2D eigenvalue weighted by molar-refractivity contribution is 0.0990. The van der Waals surface area contributed by atoms with Crippen LogP contribution in [0.4, 0.5) is 0 Å². The van der Waals surface area contributed by atoms with Crippen LogP contribution in [-0.4, -0.2) is 5.78 Å². The van der Waals surface area contributed by atoms with Gasteiger partial charge in [0.2, 0.25) is 0 Å². The standard InChI is InChI=1S/C18H16O/c19-17-11-13-6-2-3-7-14(13)16-10-9-12-5-1-4-8-15(12)18(16)17/h2-3,6-7,9-10H,1,4-5,8,11H2. The van der Waals surface area contributed by atoms with E-state index >= 15 is 0 Å². The molecule has 0 unspecified atom stereocenters. The van der Waals surface area contributed by atoms with Gasteiger partial charge in [-0.25, -0.2) is 0 Å². The summed E-state index contributed by atoms with van der Waals surface area (Å²) in [7, 11) is 0. The van der Waals surface area contributed by atoms with Gasteiger partial charge < -0.3 is 0 Å². The lowest BCUT2D eigenvalue weighted by Gasteiger charge is -2.25. The molecular weight excluding hydrogens is 232 g/mol. The van der Waals surface area contributed by atoms with Crippen LogP contribution in [0.15, 0.2) is 36.4 Å². The molecule has 0 fully saturated rings. The van der Waals surface area contributed by atoms with Gasteiger partial charge in [-0.3, -0.25) is 4.79 Å². The predicted octanol–water partition coefficient (Wildman–Crippen LogP) is 3.97. The average molecular weight is 248 g/mol. The molecule has 1 nitrogen and oxygen atoms in total. The Hall–Kier alpha value is -1.89. The summed E-state index contributed by atoms with van der Waals surface area (Å²) in [4.78, 5) is 12.5. The molecule has 0 atom stereocenters. The van der Waals surface area contributed by atoms with Crippen molar-refractivity contribution in [2.24, 2.45) is 0 Å². The number of rotatable bonds is 0. The molecule has 2 aromatic carbocycles. The Morgan fingerprint density at radius 3 is 2.58 bits per heavy atom. The van der Waals surface area contributed by atoms with E-state index in [2.05, 4.69) is 30.3 Å². The lowest BCUT2D eigenvalue weighted by atomic mass is 9.78. The molecule has 0 radical (unpaired) electrons. The van der Waals surface area contributed by atoms with Crippen molar-refractivity contribution in [2.75, 3.05) is 0 Å². The number of carbonyl (C=O) groups excluding carboxylic acids is 1. The molecule has 0 N–H and O–H groups in total. The molecule has 0 spiro atoms. The maximum atomic E-state index is 12.5. The largest absolute Gasteiger partial charge is 0.294 e. The zero-order valence-corrected chi connectivity index (χ0v) is 10.9. The van der Waals surface area contributed by atoms with Gasteiger partial charge in [0, 0.05) is 12.0 Å². The number of Topliss-reactive ketones (excluding diaryl/α,β-unsaturated/α-hetero) is 1. The molecule has 0 amide bonds. The van der Waals surface area contributed by atoms with Crippen LogP contribution in [-0.2, 0) is 19.3 Å². The van der Waals surface area contributed by atoms with Gasteiger partial charge in [-0.2, -0.15) is 0 Å². The zero-order valence-electron chi connectivity index (χ0n) is 10.9.